The first-order chi connectivity index (χ1) is 11.2. The van der Waals surface area contributed by atoms with Gasteiger partial charge in [-0.1, -0.05) is 18.2 Å². The molecule has 0 unspecified atom stereocenters. The van der Waals surface area contributed by atoms with Gasteiger partial charge >= 0.3 is 0 Å². The zero-order valence-electron chi connectivity index (χ0n) is 12.8. The van der Waals surface area contributed by atoms with Crippen LogP contribution in [-0.2, 0) is 7.05 Å². The Kier molecular flexibility index (Phi) is 2.94. The third-order valence-electron chi connectivity index (χ3n) is 4.09. The van der Waals surface area contributed by atoms with E-state index in [1.54, 1.807) is 25.0 Å². The van der Waals surface area contributed by atoms with Crippen molar-refractivity contribution in [1.82, 2.24) is 14.8 Å². The number of H-pyrrole nitrogens is 1. The van der Waals surface area contributed by atoms with Crippen LogP contribution in [0.3, 0.4) is 0 Å². The molecule has 0 spiro atoms. The molecule has 0 saturated heterocycles. The number of methoxy groups -OCH3 is 1. The Morgan fingerprint density at radius 1 is 1.09 bits per heavy atom. The normalized spacial score (nSPS) is 11.2. The van der Waals surface area contributed by atoms with E-state index in [4.69, 9.17) is 4.74 Å². The summed E-state index contributed by atoms with van der Waals surface area (Å²) in [6, 6.07) is 13.6. The van der Waals surface area contributed by atoms with Crippen LogP contribution in [0.1, 0.15) is 0 Å². The Labute approximate surface area is 132 Å². The molecule has 5 nitrogen and oxygen atoms in total. The highest BCUT2D eigenvalue weighted by Crippen LogP contribution is 2.26. The summed E-state index contributed by atoms with van der Waals surface area (Å²) in [5.74, 6) is 0.790. The van der Waals surface area contributed by atoms with Crippen molar-refractivity contribution in [1.29, 1.82) is 0 Å². The van der Waals surface area contributed by atoms with E-state index in [9.17, 15) is 4.79 Å². The van der Waals surface area contributed by atoms with E-state index >= 15 is 0 Å². The molecule has 0 radical (unpaired) electrons. The van der Waals surface area contributed by atoms with Gasteiger partial charge < -0.3 is 9.72 Å². The number of ether oxygens (including phenoxy) is 1. The van der Waals surface area contributed by atoms with Crippen LogP contribution in [0.2, 0.25) is 0 Å². The van der Waals surface area contributed by atoms with Crippen molar-refractivity contribution in [3.8, 4) is 16.9 Å². The number of aromatic nitrogens is 3. The molecule has 0 aliphatic heterocycles. The molecular formula is C18H15N3O2. The van der Waals surface area contributed by atoms with Gasteiger partial charge in [0.05, 0.1) is 18.8 Å². The average molecular weight is 305 g/mol. The summed E-state index contributed by atoms with van der Waals surface area (Å²) in [7, 11) is 3.42. The zero-order valence-corrected chi connectivity index (χ0v) is 12.8. The van der Waals surface area contributed by atoms with Crippen molar-refractivity contribution < 1.29 is 4.74 Å². The van der Waals surface area contributed by atoms with Gasteiger partial charge in [-0.3, -0.25) is 9.48 Å². The first-order valence-corrected chi connectivity index (χ1v) is 7.29. The molecule has 0 bridgehead atoms. The summed E-state index contributed by atoms with van der Waals surface area (Å²) < 4.78 is 6.87. The minimum atomic E-state index is -0.0153. The molecule has 0 atom stereocenters. The van der Waals surface area contributed by atoms with E-state index in [0.717, 1.165) is 27.9 Å². The van der Waals surface area contributed by atoms with E-state index in [1.165, 1.54) is 0 Å². The number of nitrogens with one attached hydrogen (secondary N) is 1. The molecule has 0 aliphatic carbocycles. The molecule has 2 heterocycles. The fraction of sp³-hybridized carbons (Fsp3) is 0.111. The van der Waals surface area contributed by atoms with Crippen molar-refractivity contribution in [2.24, 2.45) is 7.05 Å². The lowest BCUT2D eigenvalue weighted by Crippen LogP contribution is -2.08. The van der Waals surface area contributed by atoms with Crippen LogP contribution in [-0.4, -0.2) is 21.9 Å². The first-order valence-electron chi connectivity index (χ1n) is 7.29. The Morgan fingerprint density at radius 3 is 2.74 bits per heavy atom. The molecule has 4 aromatic rings. The molecule has 4 rings (SSSR count). The molecule has 1 N–H and O–H groups in total. The van der Waals surface area contributed by atoms with Gasteiger partial charge in [0.25, 0.3) is 0 Å². The maximum atomic E-state index is 12.8. The van der Waals surface area contributed by atoms with Gasteiger partial charge in [-0.05, 0) is 35.4 Å². The standard InChI is InChI=1S/C18H15N3O2/c1-21-17-16(10-19-21)20-15-7-6-12(9-14(15)18(17)22)11-4-3-5-13(8-11)23-2/h3-10H,1-2H3,(H,20,22). The number of benzene rings is 2. The Morgan fingerprint density at radius 2 is 1.91 bits per heavy atom. The highest BCUT2D eigenvalue weighted by atomic mass is 16.5. The van der Waals surface area contributed by atoms with Gasteiger partial charge in [0.15, 0.2) is 0 Å². The monoisotopic (exact) mass is 305 g/mol. The number of aryl methyl sites for hydroxylation is 1. The number of aromatic amines is 1. The lowest BCUT2D eigenvalue weighted by atomic mass is 10.0. The summed E-state index contributed by atoms with van der Waals surface area (Å²) in [5, 5.41) is 4.81. The van der Waals surface area contributed by atoms with Crippen molar-refractivity contribution >= 4 is 21.9 Å². The second-order valence-corrected chi connectivity index (χ2v) is 5.48. The summed E-state index contributed by atoms with van der Waals surface area (Å²) in [5.41, 5.74) is 4.11. The molecule has 0 amide bonds. The summed E-state index contributed by atoms with van der Waals surface area (Å²) in [4.78, 5) is 16.0. The Balaban J connectivity index is 1.99. The maximum absolute atomic E-state index is 12.8. The van der Waals surface area contributed by atoms with Gasteiger partial charge in [-0.15, -0.1) is 0 Å². The molecular weight excluding hydrogens is 290 g/mol. The van der Waals surface area contributed by atoms with E-state index in [0.29, 0.717) is 10.9 Å². The predicted molar refractivity (Wildman–Crippen MR) is 90.8 cm³/mol. The number of rotatable bonds is 2. The topological polar surface area (TPSA) is 59.9 Å². The maximum Gasteiger partial charge on any atom is 0.215 e. The molecule has 2 aromatic heterocycles. The average Bonchev–Trinajstić information content (AvgIpc) is 2.96. The van der Waals surface area contributed by atoms with Crippen molar-refractivity contribution in [2.75, 3.05) is 7.11 Å². The molecule has 114 valence electrons. The van der Waals surface area contributed by atoms with E-state index < -0.39 is 0 Å². The number of hydrogen-bond donors (Lipinski definition) is 1. The van der Waals surface area contributed by atoms with Crippen molar-refractivity contribution in [2.45, 2.75) is 0 Å². The van der Waals surface area contributed by atoms with Crippen LogP contribution >= 0.6 is 0 Å². The number of hydrogen-bond acceptors (Lipinski definition) is 3. The third kappa shape index (κ3) is 2.09. The Bertz CT molecular complexity index is 1090. The lowest BCUT2D eigenvalue weighted by Gasteiger charge is -2.07. The van der Waals surface area contributed by atoms with Gasteiger partial charge in [-0.25, -0.2) is 0 Å². The SMILES string of the molecule is COc1cccc(-c2ccc3[nH]c4cnn(C)c4c(=O)c3c2)c1. The van der Waals surface area contributed by atoms with Crippen LogP contribution in [0.25, 0.3) is 33.1 Å². The summed E-state index contributed by atoms with van der Waals surface area (Å²) >= 11 is 0. The van der Waals surface area contributed by atoms with Crippen molar-refractivity contribution in [3.63, 3.8) is 0 Å². The van der Waals surface area contributed by atoms with E-state index in [1.807, 2.05) is 42.5 Å². The fourth-order valence-corrected chi connectivity index (χ4v) is 2.89. The zero-order chi connectivity index (χ0) is 16.0. The summed E-state index contributed by atoms with van der Waals surface area (Å²) in [6.45, 7) is 0. The largest absolute Gasteiger partial charge is 0.497 e. The second kappa shape index (κ2) is 4.98. The number of fused-ring (bicyclic) bond motifs is 2. The highest BCUT2D eigenvalue weighted by molar-refractivity contribution is 5.93. The fourth-order valence-electron chi connectivity index (χ4n) is 2.89. The van der Waals surface area contributed by atoms with Crippen molar-refractivity contribution in [3.05, 3.63) is 58.9 Å². The van der Waals surface area contributed by atoms with Crippen LogP contribution < -0.4 is 10.2 Å². The molecule has 5 heteroatoms. The minimum absolute atomic E-state index is 0.0153. The van der Waals surface area contributed by atoms with Crippen LogP contribution in [0, 0.1) is 0 Å². The Hall–Kier alpha value is -3.08. The molecule has 0 saturated carbocycles. The van der Waals surface area contributed by atoms with Gasteiger partial charge in [0.1, 0.15) is 11.3 Å². The van der Waals surface area contributed by atoms with Gasteiger partial charge in [-0.2, -0.15) is 5.10 Å². The number of nitrogens with zero attached hydrogens (tertiary/aromatic N) is 2. The first kappa shape index (κ1) is 13.6. The van der Waals surface area contributed by atoms with Crippen LogP contribution in [0.4, 0.5) is 0 Å². The van der Waals surface area contributed by atoms with Gasteiger partial charge in [0, 0.05) is 18.0 Å². The quantitative estimate of drug-likeness (QED) is 0.619. The van der Waals surface area contributed by atoms with E-state index in [-0.39, 0.29) is 5.43 Å². The predicted octanol–water partition coefficient (Wildman–Crippen LogP) is 3.09. The van der Waals surface area contributed by atoms with Crippen LogP contribution in [0.15, 0.2) is 53.5 Å². The molecule has 2 aromatic carbocycles. The van der Waals surface area contributed by atoms with E-state index in [2.05, 4.69) is 10.1 Å². The molecule has 0 aliphatic rings. The highest BCUT2D eigenvalue weighted by Gasteiger charge is 2.10. The second-order valence-electron chi connectivity index (χ2n) is 5.48. The van der Waals surface area contributed by atoms with Gasteiger partial charge in [0.2, 0.25) is 5.43 Å². The molecule has 0 fully saturated rings. The third-order valence-corrected chi connectivity index (χ3v) is 4.09. The smallest absolute Gasteiger partial charge is 0.215 e. The summed E-state index contributed by atoms with van der Waals surface area (Å²) in [6.07, 6.45) is 1.67. The number of pyridine rings is 1. The van der Waals surface area contributed by atoms with Crippen LogP contribution in [0.5, 0.6) is 5.75 Å². The molecule has 23 heavy (non-hydrogen) atoms. The lowest BCUT2D eigenvalue weighted by molar-refractivity contribution is 0.415. The minimum Gasteiger partial charge on any atom is -0.497 e.